The van der Waals surface area contributed by atoms with E-state index in [0.29, 0.717) is 16.5 Å². The fraction of sp³-hybridized carbons (Fsp3) is 0.417. The van der Waals surface area contributed by atoms with Gasteiger partial charge in [0.05, 0.1) is 11.9 Å². The average Bonchev–Trinajstić information content (AvgIpc) is 2.77. The molecule has 10 heteroatoms. The SMILES string of the molecule is CC[C@@H](C)NC(=O)[C@H](CC)N(Cc1ccc(Cl)cc1)C(=O)CN(c1cccc(Cl)c1)S(C)(=O)=O. The maximum atomic E-state index is 13.6. The Morgan fingerprint density at radius 2 is 1.65 bits per heavy atom. The molecule has 0 saturated carbocycles. The molecule has 2 atom stereocenters. The molecule has 2 rings (SSSR count). The normalized spacial score (nSPS) is 13.1. The lowest BCUT2D eigenvalue weighted by atomic mass is 10.1. The van der Waals surface area contributed by atoms with Crippen LogP contribution in [0.15, 0.2) is 48.5 Å². The lowest BCUT2D eigenvalue weighted by molar-refractivity contribution is -0.140. The Bertz CT molecular complexity index is 1090. The summed E-state index contributed by atoms with van der Waals surface area (Å²) in [4.78, 5) is 28.0. The number of hydrogen-bond acceptors (Lipinski definition) is 4. The minimum atomic E-state index is -3.81. The number of halogens is 2. The van der Waals surface area contributed by atoms with Gasteiger partial charge in [-0.1, -0.05) is 55.2 Å². The molecule has 0 saturated heterocycles. The first kappa shape index (κ1) is 28.0. The standard InChI is InChI=1S/C24H31Cl2N3O4S/c1-5-17(3)27-24(31)22(6-2)28(15-18-10-12-19(25)13-11-18)23(30)16-29(34(4,32)33)21-9-7-8-20(26)14-21/h7-14,17,22H,5-6,15-16H2,1-4H3,(H,27,31)/t17-,22+/m1/s1. The van der Waals surface area contributed by atoms with Crippen LogP contribution in [-0.4, -0.2) is 50.0 Å². The number of anilines is 1. The summed E-state index contributed by atoms with van der Waals surface area (Å²) in [5, 5.41) is 3.82. The summed E-state index contributed by atoms with van der Waals surface area (Å²) in [6, 6.07) is 12.4. The van der Waals surface area contributed by atoms with Crippen LogP contribution in [0, 0.1) is 0 Å². The highest BCUT2D eigenvalue weighted by Gasteiger charge is 2.32. The predicted molar refractivity (Wildman–Crippen MR) is 138 cm³/mol. The molecule has 0 aromatic heterocycles. The molecule has 34 heavy (non-hydrogen) atoms. The van der Waals surface area contributed by atoms with Crippen LogP contribution >= 0.6 is 23.2 Å². The zero-order valence-corrected chi connectivity index (χ0v) is 22.1. The van der Waals surface area contributed by atoms with Crippen LogP contribution in [0.4, 0.5) is 5.69 Å². The molecule has 0 unspecified atom stereocenters. The van der Waals surface area contributed by atoms with Crippen LogP contribution in [0.1, 0.15) is 39.2 Å². The van der Waals surface area contributed by atoms with E-state index >= 15 is 0 Å². The van der Waals surface area contributed by atoms with E-state index < -0.39 is 28.5 Å². The summed E-state index contributed by atoms with van der Waals surface area (Å²) >= 11 is 12.0. The maximum absolute atomic E-state index is 13.6. The summed E-state index contributed by atoms with van der Waals surface area (Å²) in [6.45, 7) is 5.31. The number of carbonyl (C=O) groups excluding carboxylic acids is 2. The largest absolute Gasteiger partial charge is 0.352 e. The van der Waals surface area contributed by atoms with Gasteiger partial charge in [0.1, 0.15) is 12.6 Å². The Hall–Kier alpha value is -2.29. The molecule has 1 N–H and O–H groups in total. The van der Waals surface area contributed by atoms with Crippen molar-refractivity contribution in [3.8, 4) is 0 Å². The first-order valence-electron chi connectivity index (χ1n) is 11.0. The third-order valence-electron chi connectivity index (χ3n) is 5.43. The van der Waals surface area contributed by atoms with Crippen LogP contribution in [0.25, 0.3) is 0 Å². The van der Waals surface area contributed by atoms with Crippen molar-refractivity contribution in [3.05, 3.63) is 64.1 Å². The Balaban J connectivity index is 2.43. The van der Waals surface area contributed by atoms with E-state index in [0.717, 1.165) is 22.5 Å². The number of hydrogen-bond donors (Lipinski definition) is 1. The topological polar surface area (TPSA) is 86.8 Å². The molecule has 2 amide bonds. The van der Waals surface area contributed by atoms with Crippen molar-refractivity contribution in [2.45, 2.75) is 52.2 Å². The lowest BCUT2D eigenvalue weighted by Crippen LogP contribution is -2.53. The van der Waals surface area contributed by atoms with Crippen molar-refractivity contribution >= 4 is 50.7 Å². The number of carbonyl (C=O) groups is 2. The molecule has 7 nitrogen and oxygen atoms in total. The molecule has 2 aromatic rings. The summed E-state index contributed by atoms with van der Waals surface area (Å²) in [5.41, 5.74) is 1.04. The molecule has 0 bridgehead atoms. The van der Waals surface area contributed by atoms with Crippen molar-refractivity contribution in [2.24, 2.45) is 0 Å². The van der Waals surface area contributed by atoms with Crippen molar-refractivity contribution in [2.75, 3.05) is 17.1 Å². The van der Waals surface area contributed by atoms with Crippen LogP contribution in [0.5, 0.6) is 0 Å². The molecule has 0 heterocycles. The summed E-state index contributed by atoms with van der Waals surface area (Å²) in [5.74, 6) is -0.792. The van der Waals surface area contributed by atoms with Gasteiger partial charge in [-0.25, -0.2) is 8.42 Å². The van der Waals surface area contributed by atoms with Crippen molar-refractivity contribution < 1.29 is 18.0 Å². The summed E-state index contributed by atoms with van der Waals surface area (Å²) < 4.78 is 26.1. The van der Waals surface area contributed by atoms with Crippen LogP contribution in [-0.2, 0) is 26.2 Å². The monoisotopic (exact) mass is 527 g/mol. The predicted octanol–water partition coefficient (Wildman–Crippen LogP) is 4.48. The van der Waals surface area contributed by atoms with Crippen LogP contribution in [0.2, 0.25) is 10.0 Å². The molecule has 0 aliphatic rings. The number of sulfonamides is 1. The van der Waals surface area contributed by atoms with Gasteiger partial charge >= 0.3 is 0 Å². The van der Waals surface area contributed by atoms with Crippen molar-refractivity contribution in [1.29, 1.82) is 0 Å². The molecule has 0 aliphatic heterocycles. The van der Waals surface area contributed by atoms with Crippen LogP contribution in [0.3, 0.4) is 0 Å². The minimum absolute atomic E-state index is 0.0620. The van der Waals surface area contributed by atoms with E-state index in [1.807, 2.05) is 20.8 Å². The second kappa shape index (κ2) is 12.4. The number of nitrogens with one attached hydrogen (secondary N) is 1. The quantitative estimate of drug-likeness (QED) is 0.466. The third kappa shape index (κ3) is 7.89. The zero-order chi connectivity index (χ0) is 25.5. The second-order valence-corrected chi connectivity index (χ2v) is 10.9. The number of nitrogens with zero attached hydrogens (tertiary/aromatic N) is 2. The van der Waals surface area contributed by atoms with Crippen molar-refractivity contribution in [3.63, 3.8) is 0 Å². The molecule has 0 fully saturated rings. The molecular formula is C24H31Cl2N3O4S. The summed E-state index contributed by atoms with van der Waals surface area (Å²) in [7, 11) is -3.81. The van der Waals surface area contributed by atoms with Gasteiger partial charge in [-0.15, -0.1) is 0 Å². The highest BCUT2D eigenvalue weighted by molar-refractivity contribution is 7.92. The molecule has 2 aromatic carbocycles. The third-order valence-corrected chi connectivity index (χ3v) is 7.06. The van der Waals surface area contributed by atoms with E-state index in [4.69, 9.17) is 23.2 Å². The van der Waals surface area contributed by atoms with E-state index in [1.165, 1.54) is 11.0 Å². The van der Waals surface area contributed by atoms with E-state index in [1.54, 1.807) is 42.5 Å². The van der Waals surface area contributed by atoms with E-state index in [-0.39, 0.29) is 24.2 Å². The fourth-order valence-electron chi connectivity index (χ4n) is 3.39. The van der Waals surface area contributed by atoms with Gasteiger partial charge in [0.2, 0.25) is 21.8 Å². The zero-order valence-electron chi connectivity index (χ0n) is 19.8. The van der Waals surface area contributed by atoms with Gasteiger partial charge in [-0.05, 0) is 55.7 Å². The fourth-order valence-corrected chi connectivity index (χ4v) is 4.54. The summed E-state index contributed by atoms with van der Waals surface area (Å²) in [6.07, 6.45) is 2.12. The lowest BCUT2D eigenvalue weighted by Gasteiger charge is -2.33. The van der Waals surface area contributed by atoms with Crippen molar-refractivity contribution in [1.82, 2.24) is 10.2 Å². The van der Waals surface area contributed by atoms with Crippen LogP contribution < -0.4 is 9.62 Å². The number of rotatable bonds is 11. The first-order valence-corrected chi connectivity index (χ1v) is 13.6. The van der Waals surface area contributed by atoms with Gasteiger partial charge < -0.3 is 10.2 Å². The van der Waals surface area contributed by atoms with E-state index in [9.17, 15) is 18.0 Å². The molecule has 0 aliphatic carbocycles. The Morgan fingerprint density at radius 1 is 1.00 bits per heavy atom. The number of benzene rings is 2. The molecular weight excluding hydrogens is 497 g/mol. The Morgan fingerprint density at radius 3 is 2.18 bits per heavy atom. The minimum Gasteiger partial charge on any atom is -0.352 e. The molecule has 0 spiro atoms. The molecule has 186 valence electrons. The first-order chi connectivity index (χ1) is 16.0. The average molecular weight is 529 g/mol. The van der Waals surface area contributed by atoms with Gasteiger partial charge in [-0.2, -0.15) is 0 Å². The highest BCUT2D eigenvalue weighted by Crippen LogP contribution is 2.23. The van der Waals surface area contributed by atoms with Gasteiger partial charge in [-0.3, -0.25) is 13.9 Å². The van der Waals surface area contributed by atoms with E-state index in [2.05, 4.69) is 5.32 Å². The van der Waals surface area contributed by atoms with Gasteiger partial charge in [0, 0.05) is 22.6 Å². The van der Waals surface area contributed by atoms with Gasteiger partial charge in [0.15, 0.2) is 0 Å². The Labute approximate surface area is 212 Å². The second-order valence-electron chi connectivity index (χ2n) is 8.14. The van der Waals surface area contributed by atoms with Gasteiger partial charge in [0.25, 0.3) is 0 Å². The highest BCUT2D eigenvalue weighted by atomic mass is 35.5. The molecule has 0 radical (unpaired) electrons. The Kier molecular flexibility index (Phi) is 10.2. The smallest absolute Gasteiger partial charge is 0.244 e. The number of amides is 2. The maximum Gasteiger partial charge on any atom is 0.244 e.